The molecule has 0 nitrogen and oxygen atoms in total. The maximum absolute atomic E-state index is 2.45. The molecule has 80 valence electrons. The van der Waals surface area contributed by atoms with Crippen LogP contribution in [0, 0.1) is 11.8 Å². The summed E-state index contributed by atoms with van der Waals surface area (Å²) in [6, 6.07) is 0. The topological polar surface area (TPSA) is 0 Å². The fourth-order valence-electron chi connectivity index (χ4n) is 2.61. The summed E-state index contributed by atoms with van der Waals surface area (Å²) in [5.41, 5.74) is 0. The van der Waals surface area contributed by atoms with Gasteiger partial charge in [0.25, 0.3) is 0 Å². The van der Waals surface area contributed by atoms with Crippen LogP contribution in [0.3, 0.4) is 0 Å². The molecule has 0 amide bonds. The zero-order chi connectivity index (χ0) is 9.52. The zero-order valence-corrected chi connectivity index (χ0v) is 11.3. The number of alkyl halides is 2. The third-order valence-corrected chi connectivity index (χ3v) is 5.34. The van der Waals surface area contributed by atoms with E-state index in [2.05, 4.69) is 11.9 Å². The van der Waals surface area contributed by atoms with Gasteiger partial charge in [-0.05, 0) is 0 Å². The number of halogens is 1. The van der Waals surface area contributed by atoms with Gasteiger partial charge in [0.05, 0.1) is 0 Å². The Balaban J connectivity index is 2.32. The van der Waals surface area contributed by atoms with Gasteiger partial charge in [-0.15, -0.1) is 0 Å². The molecule has 0 aromatic carbocycles. The van der Waals surface area contributed by atoms with Crippen LogP contribution in [0.2, 0.25) is 0 Å². The molecule has 1 saturated carbocycles. The Bertz CT molecular complexity index is 110. The zero-order valence-electron chi connectivity index (χ0n) is 9.19. The van der Waals surface area contributed by atoms with Crippen LogP contribution < -0.4 is 21.2 Å². The standard InChI is InChI=1S/C12H24I/c1-3-7-12(10-13-2)11-8-5-4-6-9-11/h11-12H,3-10H2,1-2H3/q-1. The molecule has 0 aromatic heterocycles. The van der Waals surface area contributed by atoms with Crippen molar-refractivity contribution in [1.29, 1.82) is 0 Å². The van der Waals surface area contributed by atoms with Crippen LogP contribution in [0.25, 0.3) is 0 Å². The summed E-state index contributed by atoms with van der Waals surface area (Å²) in [6.45, 7) is 2.35. The molecule has 0 radical (unpaired) electrons. The average Bonchev–Trinajstić information content (AvgIpc) is 2.19. The Morgan fingerprint density at radius 1 is 1.23 bits per heavy atom. The van der Waals surface area contributed by atoms with E-state index in [1.54, 1.807) is 17.3 Å². The van der Waals surface area contributed by atoms with E-state index in [9.17, 15) is 0 Å². The Kier molecular flexibility index (Phi) is 6.43. The normalized spacial score (nSPS) is 22.0. The molecule has 0 N–H and O–H groups in total. The Hall–Kier alpha value is 0.730. The van der Waals surface area contributed by atoms with Crippen LogP contribution in [-0.4, -0.2) is 9.36 Å². The minimum atomic E-state index is 0.528. The van der Waals surface area contributed by atoms with Gasteiger partial charge in [-0.2, -0.15) is 0 Å². The van der Waals surface area contributed by atoms with E-state index >= 15 is 0 Å². The van der Waals surface area contributed by atoms with E-state index < -0.39 is 0 Å². The van der Waals surface area contributed by atoms with Gasteiger partial charge in [0.15, 0.2) is 0 Å². The predicted octanol–water partition coefficient (Wildman–Crippen LogP) is 0.702. The molecule has 1 heteroatoms. The van der Waals surface area contributed by atoms with Gasteiger partial charge in [0.1, 0.15) is 0 Å². The van der Waals surface area contributed by atoms with Crippen molar-refractivity contribution in [2.45, 2.75) is 51.9 Å². The average molecular weight is 295 g/mol. The number of rotatable bonds is 5. The van der Waals surface area contributed by atoms with Gasteiger partial charge >= 0.3 is 94.3 Å². The molecule has 0 aliphatic heterocycles. The van der Waals surface area contributed by atoms with Gasteiger partial charge < -0.3 is 0 Å². The van der Waals surface area contributed by atoms with E-state index in [1.807, 2.05) is 0 Å². The third kappa shape index (κ3) is 4.18. The fourth-order valence-corrected chi connectivity index (χ4v) is 4.90. The molecule has 1 atom stereocenters. The molecule has 0 aromatic rings. The summed E-state index contributed by atoms with van der Waals surface area (Å²) < 4.78 is 1.59. The molecule has 1 aliphatic rings. The molecule has 1 fully saturated rings. The number of hydrogen-bond acceptors (Lipinski definition) is 0. The summed E-state index contributed by atoms with van der Waals surface area (Å²) in [7, 11) is 0. The van der Waals surface area contributed by atoms with Crippen LogP contribution in [0.4, 0.5) is 0 Å². The molecule has 0 heterocycles. The summed E-state index contributed by atoms with van der Waals surface area (Å²) in [4.78, 5) is 2.45. The van der Waals surface area contributed by atoms with Crippen LogP contribution in [-0.2, 0) is 0 Å². The minimum absolute atomic E-state index is 0.528. The summed E-state index contributed by atoms with van der Waals surface area (Å²) in [5.74, 6) is 2.23. The fraction of sp³-hybridized carbons (Fsp3) is 1.00. The summed E-state index contributed by atoms with van der Waals surface area (Å²) in [5, 5.41) is 0. The molecule has 13 heavy (non-hydrogen) atoms. The van der Waals surface area contributed by atoms with Crippen LogP contribution >= 0.6 is 0 Å². The first-order chi connectivity index (χ1) is 6.38. The van der Waals surface area contributed by atoms with Crippen molar-refractivity contribution >= 4 is 0 Å². The van der Waals surface area contributed by atoms with Crippen molar-refractivity contribution in [3.63, 3.8) is 0 Å². The second kappa shape index (κ2) is 7.08. The molecular formula is C12H24I-. The van der Waals surface area contributed by atoms with Crippen molar-refractivity contribution in [1.82, 2.24) is 0 Å². The second-order valence-electron chi connectivity index (χ2n) is 4.37. The van der Waals surface area contributed by atoms with Gasteiger partial charge in [-0.25, -0.2) is 0 Å². The van der Waals surface area contributed by atoms with Crippen molar-refractivity contribution in [2.75, 3.05) is 9.36 Å². The van der Waals surface area contributed by atoms with Crippen molar-refractivity contribution in [3.8, 4) is 0 Å². The second-order valence-corrected chi connectivity index (χ2v) is 6.77. The van der Waals surface area contributed by atoms with Crippen LogP contribution in [0.1, 0.15) is 51.9 Å². The first-order valence-electron chi connectivity index (χ1n) is 5.82. The van der Waals surface area contributed by atoms with E-state index in [1.165, 1.54) is 32.1 Å². The third-order valence-electron chi connectivity index (χ3n) is 3.33. The van der Waals surface area contributed by atoms with Gasteiger partial charge in [0.2, 0.25) is 0 Å². The Morgan fingerprint density at radius 3 is 2.46 bits per heavy atom. The van der Waals surface area contributed by atoms with Gasteiger partial charge in [-0.1, -0.05) is 0 Å². The van der Waals surface area contributed by atoms with E-state index in [0.29, 0.717) is 21.2 Å². The van der Waals surface area contributed by atoms with Crippen molar-refractivity contribution in [3.05, 3.63) is 0 Å². The van der Waals surface area contributed by atoms with E-state index in [0.717, 1.165) is 11.8 Å². The molecule has 1 aliphatic carbocycles. The van der Waals surface area contributed by atoms with Crippen molar-refractivity contribution in [2.24, 2.45) is 11.8 Å². The molecule has 0 spiro atoms. The monoisotopic (exact) mass is 295 g/mol. The quantitative estimate of drug-likeness (QED) is 0.517. The van der Waals surface area contributed by atoms with Crippen LogP contribution in [0.15, 0.2) is 0 Å². The molecule has 1 unspecified atom stereocenters. The Morgan fingerprint density at radius 2 is 1.92 bits per heavy atom. The predicted molar refractivity (Wildman–Crippen MR) is 55.8 cm³/mol. The molecule has 0 saturated heterocycles. The maximum atomic E-state index is 2.45. The van der Waals surface area contributed by atoms with Gasteiger partial charge in [-0.3, -0.25) is 0 Å². The number of hydrogen-bond donors (Lipinski definition) is 0. The molecule has 1 rings (SSSR count). The summed E-state index contributed by atoms with van der Waals surface area (Å²) >= 11 is 0.528. The Labute approximate surface area is 94.1 Å². The van der Waals surface area contributed by atoms with Crippen LogP contribution in [0.5, 0.6) is 0 Å². The van der Waals surface area contributed by atoms with Gasteiger partial charge in [0, 0.05) is 0 Å². The molecule has 0 bridgehead atoms. The summed E-state index contributed by atoms with van der Waals surface area (Å²) in [6.07, 6.45) is 10.6. The first kappa shape index (κ1) is 11.8. The SMILES string of the molecule is CCCC(C[I-]C)C1CCCCC1. The van der Waals surface area contributed by atoms with Crippen molar-refractivity contribution < 1.29 is 21.2 Å². The van der Waals surface area contributed by atoms with E-state index in [4.69, 9.17) is 0 Å². The first-order valence-corrected chi connectivity index (χ1v) is 9.50. The molecular weight excluding hydrogens is 271 g/mol. The van der Waals surface area contributed by atoms with E-state index in [-0.39, 0.29) is 0 Å².